The molecule has 0 aliphatic rings. The number of esters is 1. The number of benzene rings is 2. The summed E-state index contributed by atoms with van der Waals surface area (Å²) in [6.45, 7) is 7.78. The van der Waals surface area contributed by atoms with E-state index in [9.17, 15) is 9.59 Å². The summed E-state index contributed by atoms with van der Waals surface area (Å²) in [4.78, 5) is 24.0. The van der Waals surface area contributed by atoms with Crippen molar-refractivity contribution in [2.75, 3.05) is 7.11 Å². The van der Waals surface area contributed by atoms with E-state index < -0.39 is 5.60 Å². The molecule has 0 aromatic heterocycles. The number of nitrogens with one attached hydrogen (secondary N) is 1. The summed E-state index contributed by atoms with van der Waals surface area (Å²) in [5, 5.41) is 3.07. The normalized spacial score (nSPS) is 13.2. The van der Waals surface area contributed by atoms with Crippen molar-refractivity contribution in [3.8, 4) is 0 Å². The highest BCUT2D eigenvalue weighted by molar-refractivity contribution is 5.89. The van der Waals surface area contributed by atoms with Crippen molar-refractivity contribution >= 4 is 12.1 Å². The third-order valence-electron chi connectivity index (χ3n) is 4.99. The smallest absolute Gasteiger partial charge is 0.407 e. The first kappa shape index (κ1) is 24.4. The zero-order valence-electron chi connectivity index (χ0n) is 19.3. The van der Waals surface area contributed by atoms with Gasteiger partial charge < -0.3 is 14.8 Å². The van der Waals surface area contributed by atoms with Crippen LogP contribution in [-0.2, 0) is 22.3 Å². The lowest BCUT2D eigenvalue weighted by Crippen LogP contribution is -2.40. The summed E-state index contributed by atoms with van der Waals surface area (Å²) < 4.78 is 10.2. The zero-order valence-corrected chi connectivity index (χ0v) is 19.3. The number of aryl methyl sites for hydroxylation is 1. The summed E-state index contributed by atoms with van der Waals surface area (Å²) in [6, 6.07) is 17.8. The molecule has 2 aromatic rings. The van der Waals surface area contributed by atoms with Gasteiger partial charge in [0.15, 0.2) is 0 Å². The van der Waals surface area contributed by atoms with Crippen molar-refractivity contribution in [1.29, 1.82) is 0 Å². The van der Waals surface area contributed by atoms with E-state index in [1.165, 1.54) is 12.7 Å². The number of carbonyl (C=O) groups excluding carboxylic acids is 2. The van der Waals surface area contributed by atoms with Crippen LogP contribution in [0.3, 0.4) is 0 Å². The Kier molecular flexibility index (Phi) is 9.10. The summed E-state index contributed by atoms with van der Waals surface area (Å²) in [7, 11) is 1.38. The molecule has 168 valence electrons. The Hall–Kier alpha value is -2.82. The number of hydrogen-bond acceptors (Lipinski definition) is 4. The molecule has 0 aliphatic carbocycles. The third-order valence-corrected chi connectivity index (χ3v) is 4.99. The van der Waals surface area contributed by atoms with E-state index in [0.29, 0.717) is 11.5 Å². The Balaban J connectivity index is 1.98. The fourth-order valence-electron chi connectivity index (χ4n) is 3.57. The lowest BCUT2D eigenvalue weighted by Gasteiger charge is -2.25. The maximum atomic E-state index is 12.4. The van der Waals surface area contributed by atoms with Crippen molar-refractivity contribution in [3.63, 3.8) is 0 Å². The fourth-order valence-corrected chi connectivity index (χ4v) is 3.57. The van der Waals surface area contributed by atoms with Gasteiger partial charge in [0.2, 0.25) is 0 Å². The van der Waals surface area contributed by atoms with E-state index in [0.717, 1.165) is 31.2 Å². The average molecular weight is 426 g/mol. The molecule has 0 saturated carbocycles. The van der Waals surface area contributed by atoms with Gasteiger partial charge in [-0.1, -0.05) is 49.4 Å². The van der Waals surface area contributed by atoms with Gasteiger partial charge in [-0.15, -0.1) is 0 Å². The van der Waals surface area contributed by atoms with Gasteiger partial charge in [0.25, 0.3) is 0 Å². The molecular weight excluding hydrogens is 390 g/mol. The van der Waals surface area contributed by atoms with E-state index >= 15 is 0 Å². The van der Waals surface area contributed by atoms with Crippen molar-refractivity contribution in [3.05, 3.63) is 71.3 Å². The van der Waals surface area contributed by atoms with Crippen LogP contribution < -0.4 is 5.32 Å². The van der Waals surface area contributed by atoms with E-state index in [-0.39, 0.29) is 18.1 Å². The third kappa shape index (κ3) is 9.24. The quantitative estimate of drug-likeness (QED) is 0.534. The van der Waals surface area contributed by atoms with Crippen LogP contribution in [0.5, 0.6) is 0 Å². The van der Waals surface area contributed by atoms with Crippen LogP contribution in [0.2, 0.25) is 0 Å². The Morgan fingerprint density at radius 3 is 2.19 bits per heavy atom. The maximum Gasteiger partial charge on any atom is 0.407 e. The largest absolute Gasteiger partial charge is 0.465 e. The number of ether oxygens (including phenoxy) is 2. The Labute approximate surface area is 186 Å². The highest BCUT2D eigenvalue weighted by Gasteiger charge is 2.21. The summed E-state index contributed by atoms with van der Waals surface area (Å²) in [6.07, 6.45) is 3.06. The molecule has 0 saturated heterocycles. The second kappa shape index (κ2) is 11.5. The van der Waals surface area contributed by atoms with Gasteiger partial charge in [-0.3, -0.25) is 0 Å². The molecule has 0 bridgehead atoms. The van der Waals surface area contributed by atoms with Crippen molar-refractivity contribution in [2.45, 2.75) is 65.0 Å². The standard InChI is InChI=1S/C26H35NO4/c1-19(17-21-11-14-22(15-12-21)24(28)30-5)18-23(27-25(29)31-26(2,3)4)16-13-20-9-7-6-8-10-20/h6-12,14-15,19,23H,13,16-18H2,1-5H3,(H,27,29). The van der Waals surface area contributed by atoms with Crippen LogP contribution >= 0.6 is 0 Å². The lowest BCUT2D eigenvalue weighted by molar-refractivity contribution is 0.0494. The van der Waals surface area contributed by atoms with E-state index in [2.05, 4.69) is 24.4 Å². The monoisotopic (exact) mass is 425 g/mol. The molecule has 2 atom stereocenters. The van der Waals surface area contributed by atoms with Gasteiger partial charge in [0.05, 0.1) is 12.7 Å². The van der Waals surface area contributed by atoms with Crippen LogP contribution in [0.1, 0.15) is 62.0 Å². The number of carbonyl (C=O) groups is 2. The molecular formula is C26H35NO4. The molecule has 31 heavy (non-hydrogen) atoms. The van der Waals surface area contributed by atoms with Crippen LogP contribution in [-0.4, -0.2) is 30.8 Å². The molecule has 2 rings (SSSR count). The maximum absolute atomic E-state index is 12.4. The molecule has 5 nitrogen and oxygen atoms in total. The molecule has 0 spiro atoms. The lowest BCUT2D eigenvalue weighted by atomic mass is 9.91. The zero-order chi connectivity index (χ0) is 22.9. The first-order valence-corrected chi connectivity index (χ1v) is 10.9. The second-order valence-corrected chi connectivity index (χ2v) is 9.10. The van der Waals surface area contributed by atoms with Crippen LogP contribution in [0.4, 0.5) is 4.79 Å². The first-order chi connectivity index (χ1) is 14.7. The number of amides is 1. The Morgan fingerprint density at radius 2 is 1.61 bits per heavy atom. The molecule has 0 radical (unpaired) electrons. The minimum atomic E-state index is -0.527. The molecule has 0 aliphatic heterocycles. The van der Waals surface area contributed by atoms with Gasteiger partial charge in [-0.2, -0.15) is 0 Å². The highest BCUT2D eigenvalue weighted by Crippen LogP contribution is 2.18. The number of alkyl carbamates (subject to hydrolysis) is 1. The highest BCUT2D eigenvalue weighted by atomic mass is 16.6. The molecule has 0 heterocycles. The van der Waals surface area contributed by atoms with Gasteiger partial charge in [0, 0.05) is 6.04 Å². The molecule has 1 N–H and O–H groups in total. The summed E-state index contributed by atoms with van der Waals surface area (Å²) >= 11 is 0. The first-order valence-electron chi connectivity index (χ1n) is 10.9. The SMILES string of the molecule is COC(=O)c1ccc(CC(C)CC(CCc2ccccc2)NC(=O)OC(C)(C)C)cc1. The van der Waals surface area contributed by atoms with Crippen molar-refractivity contribution in [1.82, 2.24) is 5.32 Å². The molecule has 1 amide bonds. The topological polar surface area (TPSA) is 64.6 Å². The van der Waals surface area contributed by atoms with Gasteiger partial charge >= 0.3 is 12.1 Å². The Morgan fingerprint density at radius 1 is 0.968 bits per heavy atom. The van der Waals surface area contributed by atoms with Gasteiger partial charge in [0.1, 0.15) is 5.60 Å². The van der Waals surface area contributed by atoms with E-state index in [1.54, 1.807) is 12.1 Å². The summed E-state index contributed by atoms with van der Waals surface area (Å²) in [5.74, 6) is 0.0156. The van der Waals surface area contributed by atoms with Crippen LogP contribution in [0.15, 0.2) is 54.6 Å². The second-order valence-electron chi connectivity index (χ2n) is 9.10. The van der Waals surface area contributed by atoms with Crippen LogP contribution in [0, 0.1) is 5.92 Å². The fraction of sp³-hybridized carbons (Fsp3) is 0.462. The van der Waals surface area contributed by atoms with E-state index in [1.807, 2.05) is 51.1 Å². The summed E-state index contributed by atoms with van der Waals surface area (Å²) in [5.41, 5.74) is 2.43. The molecule has 2 aromatic carbocycles. The minimum absolute atomic E-state index is 0.0133. The predicted octanol–water partition coefficient (Wildman–Crippen LogP) is 5.57. The Bertz CT molecular complexity index is 825. The van der Waals surface area contributed by atoms with Gasteiger partial charge in [-0.05, 0) is 75.6 Å². The number of hydrogen-bond donors (Lipinski definition) is 1. The molecule has 0 fully saturated rings. The van der Waals surface area contributed by atoms with Crippen molar-refractivity contribution < 1.29 is 19.1 Å². The number of methoxy groups -OCH3 is 1. The average Bonchev–Trinajstić information content (AvgIpc) is 2.71. The number of rotatable bonds is 9. The molecule has 5 heteroatoms. The van der Waals surface area contributed by atoms with Crippen molar-refractivity contribution in [2.24, 2.45) is 5.92 Å². The van der Waals surface area contributed by atoms with Gasteiger partial charge in [-0.25, -0.2) is 9.59 Å². The van der Waals surface area contributed by atoms with Crippen LogP contribution in [0.25, 0.3) is 0 Å². The minimum Gasteiger partial charge on any atom is -0.465 e. The molecule has 2 unspecified atom stereocenters. The predicted molar refractivity (Wildman–Crippen MR) is 123 cm³/mol. The van der Waals surface area contributed by atoms with E-state index in [4.69, 9.17) is 9.47 Å².